The second-order valence-electron chi connectivity index (χ2n) is 4.16. The number of benzene rings is 2. The van der Waals surface area contributed by atoms with E-state index in [1.165, 1.54) is 12.1 Å². The van der Waals surface area contributed by atoms with Crippen molar-refractivity contribution < 1.29 is 9.60 Å². The zero-order chi connectivity index (χ0) is 14.5. The van der Waals surface area contributed by atoms with Crippen LogP contribution in [0.2, 0.25) is 0 Å². The molecule has 2 aromatic carbocycles. The van der Waals surface area contributed by atoms with Gasteiger partial charge in [-0.3, -0.25) is 0 Å². The molecule has 2 rings (SSSR count). The summed E-state index contributed by atoms with van der Waals surface area (Å²) in [5.41, 5.74) is 8.07. The van der Waals surface area contributed by atoms with Gasteiger partial charge >= 0.3 is 0 Å². The second-order valence-corrected chi connectivity index (χ2v) is 5.32. The first-order valence-electron chi connectivity index (χ1n) is 5.86. The van der Waals surface area contributed by atoms with Crippen LogP contribution in [0.3, 0.4) is 0 Å². The summed E-state index contributed by atoms with van der Waals surface area (Å²) in [4.78, 5) is 0. The van der Waals surface area contributed by atoms with Gasteiger partial charge in [-0.15, -0.1) is 0 Å². The zero-order valence-electron chi connectivity index (χ0n) is 10.5. The van der Waals surface area contributed by atoms with Gasteiger partial charge in [0.05, 0.1) is 0 Å². The molecule has 0 heterocycles. The Bertz CT molecular complexity index is 629. The van der Waals surface area contributed by atoms with Gasteiger partial charge in [0.1, 0.15) is 5.82 Å². The topological polar surface area (TPSA) is 70.6 Å². The monoisotopic (exact) mass is 385 g/mol. The first kappa shape index (κ1) is 14.6. The van der Waals surface area contributed by atoms with E-state index in [0.29, 0.717) is 12.1 Å². The van der Waals surface area contributed by atoms with Gasteiger partial charge in [-0.1, -0.05) is 29.4 Å². The molecular weight excluding hydrogens is 372 g/mol. The number of hydrogen-bond acceptors (Lipinski definition) is 3. The SMILES string of the molecule is NC(=NO)c1ccc(CNc2ccc(F)cc2I)cc1. The minimum atomic E-state index is -0.247. The largest absolute Gasteiger partial charge is 0.409 e. The summed E-state index contributed by atoms with van der Waals surface area (Å²) < 4.78 is 13.8. The second kappa shape index (κ2) is 6.56. The normalized spacial score (nSPS) is 11.4. The molecular formula is C14H13FIN3O. The van der Waals surface area contributed by atoms with Crippen molar-refractivity contribution in [1.82, 2.24) is 0 Å². The smallest absolute Gasteiger partial charge is 0.170 e. The fraction of sp³-hybridized carbons (Fsp3) is 0.0714. The Morgan fingerprint density at radius 1 is 1.25 bits per heavy atom. The molecule has 6 heteroatoms. The molecule has 0 atom stereocenters. The Morgan fingerprint density at radius 3 is 2.55 bits per heavy atom. The van der Waals surface area contributed by atoms with E-state index in [1.54, 1.807) is 18.2 Å². The lowest BCUT2D eigenvalue weighted by Gasteiger charge is -2.09. The van der Waals surface area contributed by atoms with Gasteiger partial charge in [0, 0.05) is 21.4 Å². The third-order valence-electron chi connectivity index (χ3n) is 2.77. The number of anilines is 1. The van der Waals surface area contributed by atoms with Crippen LogP contribution in [0.4, 0.5) is 10.1 Å². The minimum absolute atomic E-state index is 0.0811. The Labute approximate surface area is 129 Å². The molecule has 0 aliphatic carbocycles. The van der Waals surface area contributed by atoms with Crippen LogP contribution in [0.15, 0.2) is 47.6 Å². The fourth-order valence-corrected chi connectivity index (χ4v) is 2.35. The van der Waals surface area contributed by atoms with Gasteiger partial charge in [-0.05, 0) is 46.4 Å². The van der Waals surface area contributed by atoms with Crippen molar-refractivity contribution in [3.63, 3.8) is 0 Å². The average molecular weight is 385 g/mol. The Balaban J connectivity index is 2.04. The highest BCUT2D eigenvalue weighted by Gasteiger charge is 2.02. The highest BCUT2D eigenvalue weighted by atomic mass is 127. The molecule has 0 spiro atoms. The Hall–Kier alpha value is -1.83. The summed E-state index contributed by atoms with van der Waals surface area (Å²) in [7, 11) is 0. The van der Waals surface area contributed by atoms with Gasteiger partial charge in [0.2, 0.25) is 0 Å². The average Bonchev–Trinajstić information content (AvgIpc) is 2.46. The molecule has 4 nitrogen and oxygen atoms in total. The molecule has 20 heavy (non-hydrogen) atoms. The molecule has 0 fully saturated rings. The van der Waals surface area contributed by atoms with Crippen molar-refractivity contribution in [1.29, 1.82) is 0 Å². The number of nitrogens with two attached hydrogens (primary N) is 1. The van der Waals surface area contributed by atoms with Crippen molar-refractivity contribution >= 4 is 34.1 Å². The first-order chi connectivity index (χ1) is 9.60. The van der Waals surface area contributed by atoms with Crippen LogP contribution in [0, 0.1) is 9.39 Å². The molecule has 0 bridgehead atoms. The summed E-state index contributed by atoms with van der Waals surface area (Å²) in [6.07, 6.45) is 0. The van der Waals surface area contributed by atoms with E-state index >= 15 is 0 Å². The number of halogens is 2. The van der Waals surface area contributed by atoms with E-state index in [4.69, 9.17) is 10.9 Å². The summed E-state index contributed by atoms with van der Waals surface area (Å²) in [6.45, 7) is 0.609. The summed E-state index contributed by atoms with van der Waals surface area (Å²) >= 11 is 2.09. The third-order valence-corrected chi connectivity index (χ3v) is 3.66. The van der Waals surface area contributed by atoms with Gasteiger partial charge in [-0.2, -0.15) is 0 Å². The molecule has 0 aliphatic heterocycles. The van der Waals surface area contributed by atoms with Crippen molar-refractivity contribution in [3.05, 3.63) is 63.0 Å². The van der Waals surface area contributed by atoms with Crippen molar-refractivity contribution in [2.24, 2.45) is 10.9 Å². The van der Waals surface area contributed by atoms with Crippen LogP contribution < -0.4 is 11.1 Å². The van der Waals surface area contributed by atoms with E-state index in [0.717, 1.165) is 14.8 Å². The van der Waals surface area contributed by atoms with Crippen LogP contribution in [-0.2, 0) is 6.54 Å². The molecule has 0 saturated carbocycles. The van der Waals surface area contributed by atoms with Crippen LogP contribution in [0.5, 0.6) is 0 Å². The van der Waals surface area contributed by atoms with Crippen molar-refractivity contribution in [2.45, 2.75) is 6.54 Å². The van der Waals surface area contributed by atoms with E-state index < -0.39 is 0 Å². The highest BCUT2D eigenvalue weighted by Crippen LogP contribution is 2.19. The van der Waals surface area contributed by atoms with E-state index in [9.17, 15) is 4.39 Å². The number of nitrogens with one attached hydrogen (secondary N) is 1. The predicted octanol–water partition coefficient (Wildman–Crippen LogP) is 3.14. The quantitative estimate of drug-likeness (QED) is 0.249. The molecule has 2 aromatic rings. The van der Waals surface area contributed by atoms with E-state index in [2.05, 4.69) is 33.1 Å². The maximum atomic E-state index is 13.0. The summed E-state index contributed by atoms with van der Waals surface area (Å²) in [5.74, 6) is -0.166. The molecule has 104 valence electrons. The number of nitrogens with zero attached hydrogens (tertiary/aromatic N) is 1. The van der Waals surface area contributed by atoms with E-state index in [1.807, 2.05) is 12.1 Å². The molecule has 0 aliphatic rings. The number of rotatable bonds is 4. The van der Waals surface area contributed by atoms with Gasteiger partial charge < -0.3 is 16.3 Å². The number of amidine groups is 1. The Kier molecular flexibility index (Phi) is 4.78. The lowest BCUT2D eigenvalue weighted by molar-refractivity contribution is 0.318. The molecule has 0 radical (unpaired) electrons. The predicted molar refractivity (Wildman–Crippen MR) is 85.4 cm³/mol. The van der Waals surface area contributed by atoms with Crippen LogP contribution in [-0.4, -0.2) is 11.0 Å². The standard InChI is InChI=1S/C14H13FIN3O/c15-11-5-6-13(12(16)7-11)18-8-9-1-3-10(4-2-9)14(17)19-20/h1-7,18,20H,8H2,(H2,17,19). The van der Waals surface area contributed by atoms with Crippen LogP contribution in [0.1, 0.15) is 11.1 Å². The lowest BCUT2D eigenvalue weighted by Crippen LogP contribution is -2.13. The highest BCUT2D eigenvalue weighted by molar-refractivity contribution is 14.1. The number of oxime groups is 1. The summed E-state index contributed by atoms with van der Waals surface area (Å²) in [5, 5.41) is 14.8. The van der Waals surface area contributed by atoms with Crippen LogP contribution in [0.25, 0.3) is 0 Å². The zero-order valence-corrected chi connectivity index (χ0v) is 12.6. The third kappa shape index (κ3) is 3.60. The molecule has 4 N–H and O–H groups in total. The lowest BCUT2D eigenvalue weighted by atomic mass is 10.1. The minimum Gasteiger partial charge on any atom is -0.409 e. The maximum absolute atomic E-state index is 13.0. The van der Waals surface area contributed by atoms with Gasteiger partial charge in [0.25, 0.3) is 0 Å². The van der Waals surface area contributed by atoms with Crippen molar-refractivity contribution in [3.8, 4) is 0 Å². The molecule has 0 amide bonds. The maximum Gasteiger partial charge on any atom is 0.170 e. The van der Waals surface area contributed by atoms with Crippen molar-refractivity contribution in [2.75, 3.05) is 5.32 Å². The van der Waals surface area contributed by atoms with Gasteiger partial charge in [0.15, 0.2) is 5.84 Å². The molecule has 0 unspecified atom stereocenters. The molecule has 0 saturated heterocycles. The first-order valence-corrected chi connectivity index (χ1v) is 6.94. The van der Waals surface area contributed by atoms with Crippen LogP contribution >= 0.6 is 22.6 Å². The Morgan fingerprint density at radius 2 is 1.95 bits per heavy atom. The fourth-order valence-electron chi connectivity index (χ4n) is 1.68. The molecule has 0 aromatic heterocycles. The van der Waals surface area contributed by atoms with Gasteiger partial charge in [-0.25, -0.2) is 4.39 Å². The van der Waals surface area contributed by atoms with E-state index in [-0.39, 0.29) is 11.7 Å². The summed E-state index contributed by atoms with van der Waals surface area (Å²) in [6, 6.07) is 11.9. The number of hydrogen-bond donors (Lipinski definition) is 3.